The highest BCUT2D eigenvalue weighted by molar-refractivity contribution is 7.80. The molecule has 0 saturated heterocycles. The summed E-state index contributed by atoms with van der Waals surface area (Å²) >= 11 is 5.23. The summed E-state index contributed by atoms with van der Waals surface area (Å²) < 4.78 is 5.10. The van der Waals surface area contributed by atoms with Crippen LogP contribution < -0.4 is 20.7 Å². The van der Waals surface area contributed by atoms with Crippen molar-refractivity contribution in [3.8, 4) is 5.75 Å². The Hall–Kier alpha value is -2.60. The highest BCUT2D eigenvalue weighted by atomic mass is 32.1. The maximum atomic E-state index is 12.3. The molecule has 0 atom stereocenters. The van der Waals surface area contributed by atoms with E-state index in [0.717, 1.165) is 30.8 Å². The number of methoxy groups -OCH3 is 1. The standard InChI is InChI=1S/C19H23N3O2S/c1-3-4-13-20-19(25)22-16-7-5-14(6-8-16)18(23)21-15-9-11-17(24-2)12-10-15/h5-12H,3-4,13H2,1-2H3,(H,21,23)(H2,20,22,25). The Balaban J connectivity index is 1.89. The van der Waals surface area contributed by atoms with E-state index in [9.17, 15) is 4.79 Å². The first kappa shape index (κ1) is 18.7. The van der Waals surface area contributed by atoms with Crippen molar-refractivity contribution in [3.63, 3.8) is 0 Å². The average Bonchev–Trinajstić information content (AvgIpc) is 2.63. The number of benzene rings is 2. The van der Waals surface area contributed by atoms with Gasteiger partial charge in [-0.05, 0) is 67.2 Å². The topological polar surface area (TPSA) is 62.4 Å². The largest absolute Gasteiger partial charge is 0.497 e. The molecule has 0 aromatic heterocycles. The molecule has 6 heteroatoms. The highest BCUT2D eigenvalue weighted by Gasteiger charge is 2.06. The van der Waals surface area contributed by atoms with Crippen molar-refractivity contribution >= 4 is 34.6 Å². The zero-order chi connectivity index (χ0) is 18.1. The van der Waals surface area contributed by atoms with Crippen LogP contribution in [0.25, 0.3) is 0 Å². The monoisotopic (exact) mass is 357 g/mol. The van der Waals surface area contributed by atoms with Crippen LogP contribution >= 0.6 is 12.2 Å². The zero-order valence-electron chi connectivity index (χ0n) is 14.5. The molecule has 2 aromatic carbocycles. The molecule has 0 unspecified atom stereocenters. The first-order valence-corrected chi connectivity index (χ1v) is 8.63. The molecule has 0 aliphatic heterocycles. The number of thiocarbonyl (C=S) groups is 1. The molecule has 3 N–H and O–H groups in total. The molecule has 0 saturated carbocycles. The van der Waals surface area contributed by atoms with Crippen molar-refractivity contribution < 1.29 is 9.53 Å². The van der Waals surface area contributed by atoms with Gasteiger partial charge >= 0.3 is 0 Å². The lowest BCUT2D eigenvalue weighted by molar-refractivity contribution is 0.102. The van der Waals surface area contributed by atoms with Gasteiger partial charge in [0.15, 0.2) is 5.11 Å². The molecule has 0 aliphatic rings. The van der Waals surface area contributed by atoms with Gasteiger partial charge in [0.25, 0.3) is 5.91 Å². The summed E-state index contributed by atoms with van der Waals surface area (Å²) in [6.45, 7) is 2.98. The van der Waals surface area contributed by atoms with Gasteiger partial charge in [-0.3, -0.25) is 4.79 Å². The predicted octanol–water partition coefficient (Wildman–Crippen LogP) is 4.03. The third-order valence-electron chi connectivity index (χ3n) is 3.57. The minimum Gasteiger partial charge on any atom is -0.497 e. The molecule has 1 amide bonds. The van der Waals surface area contributed by atoms with E-state index in [1.54, 1.807) is 43.5 Å². The van der Waals surface area contributed by atoms with Gasteiger partial charge in [0.1, 0.15) is 5.75 Å². The van der Waals surface area contributed by atoms with Crippen LogP contribution in [0.5, 0.6) is 5.75 Å². The van der Waals surface area contributed by atoms with Crippen molar-refractivity contribution in [2.45, 2.75) is 19.8 Å². The molecule has 0 fully saturated rings. The van der Waals surface area contributed by atoms with E-state index >= 15 is 0 Å². The van der Waals surface area contributed by atoms with Crippen LogP contribution in [0.15, 0.2) is 48.5 Å². The van der Waals surface area contributed by atoms with Crippen molar-refractivity contribution in [1.29, 1.82) is 0 Å². The van der Waals surface area contributed by atoms with Gasteiger partial charge in [0.05, 0.1) is 7.11 Å². The minimum atomic E-state index is -0.166. The molecule has 0 bridgehead atoms. The average molecular weight is 357 g/mol. The van der Waals surface area contributed by atoms with E-state index in [-0.39, 0.29) is 5.91 Å². The van der Waals surface area contributed by atoms with Crippen LogP contribution in [0.2, 0.25) is 0 Å². The molecule has 0 spiro atoms. The smallest absolute Gasteiger partial charge is 0.255 e. The number of rotatable bonds is 7. The molecule has 0 radical (unpaired) electrons. The summed E-state index contributed by atoms with van der Waals surface area (Å²) in [5.74, 6) is 0.581. The van der Waals surface area contributed by atoms with Crippen molar-refractivity contribution in [3.05, 3.63) is 54.1 Å². The number of unbranched alkanes of at least 4 members (excludes halogenated alkanes) is 1. The van der Waals surface area contributed by atoms with Crippen LogP contribution in [-0.2, 0) is 0 Å². The Morgan fingerprint density at radius 1 is 1.00 bits per heavy atom. The number of carbonyl (C=O) groups is 1. The molecule has 2 aromatic rings. The fraction of sp³-hybridized carbons (Fsp3) is 0.263. The number of hydrogen-bond donors (Lipinski definition) is 3. The van der Waals surface area contributed by atoms with Gasteiger partial charge in [-0.2, -0.15) is 0 Å². The van der Waals surface area contributed by atoms with E-state index in [1.807, 2.05) is 12.1 Å². The molecular weight excluding hydrogens is 334 g/mol. The third-order valence-corrected chi connectivity index (χ3v) is 3.82. The first-order chi connectivity index (χ1) is 12.1. The fourth-order valence-electron chi connectivity index (χ4n) is 2.14. The molecule has 132 valence electrons. The van der Waals surface area contributed by atoms with Gasteiger partial charge in [-0.15, -0.1) is 0 Å². The lowest BCUT2D eigenvalue weighted by Gasteiger charge is -2.11. The van der Waals surface area contributed by atoms with Crippen LogP contribution in [0.1, 0.15) is 30.1 Å². The number of hydrogen-bond acceptors (Lipinski definition) is 3. The summed E-state index contributed by atoms with van der Waals surface area (Å²) in [6, 6.07) is 14.4. The van der Waals surface area contributed by atoms with E-state index in [1.165, 1.54) is 0 Å². The van der Waals surface area contributed by atoms with E-state index < -0.39 is 0 Å². The summed E-state index contributed by atoms with van der Waals surface area (Å²) in [7, 11) is 1.61. The fourth-order valence-corrected chi connectivity index (χ4v) is 2.36. The maximum absolute atomic E-state index is 12.3. The van der Waals surface area contributed by atoms with Crippen molar-refractivity contribution in [2.24, 2.45) is 0 Å². The molecule has 2 rings (SSSR count). The lowest BCUT2D eigenvalue weighted by Crippen LogP contribution is -2.29. The van der Waals surface area contributed by atoms with Crippen molar-refractivity contribution in [1.82, 2.24) is 5.32 Å². The van der Waals surface area contributed by atoms with Gasteiger partial charge < -0.3 is 20.7 Å². The summed E-state index contributed by atoms with van der Waals surface area (Å²) in [4.78, 5) is 12.3. The Labute approximate surface area is 153 Å². The van der Waals surface area contributed by atoms with Crippen LogP contribution in [0.3, 0.4) is 0 Å². The molecule has 25 heavy (non-hydrogen) atoms. The molecule has 0 aliphatic carbocycles. The molecule has 0 heterocycles. The normalized spacial score (nSPS) is 10.0. The predicted molar refractivity (Wildman–Crippen MR) is 107 cm³/mol. The van der Waals surface area contributed by atoms with E-state index in [0.29, 0.717) is 16.4 Å². The van der Waals surface area contributed by atoms with Crippen LogP contribution in [0, 0.1) is 0 Å². The van der Waals surface area contributed by atoms with Crippen LogP contribution in [-0.4, -0.2) is 24.7 Å². The second-order valence-electron chi connectivity index (χ2n) is 5.49. The zero-order valence-corrected chi connectivity index (χ0v) is 15.3. The maximum Gasteiger partial charge on any atom is 0.255 e. The van der Waals surface area contributed by atoms with Crippen LogP contribution in [0.4, 0.5) is 11.4 Å². The highest BCUT2D eigenvalue weighted by Crippen LogP contribution is 2.16. The quantitative estimate of drug-likeness (QED) is 0.516. The van der Waals surface area contributed by atoms with Crippen molar-refractivity contribution in [2.75, 3.05) is 24.3 Å². The van der Waals surface area contributed by atoms with Gasteiger partial charge in [-0.1, -0.05) is 13.3 Å². The summed E-state index contributed by atoms with van der Waals surface area (Å²) in [6.07, 6.45) is 2.19. The van der Waals surface area contributed by atoms with Gasteiger partial charge in [0, 0.05) is 23.5 Å². The Morgan fingerprint density at radius 3 is 2.20 bits per heavy atom. The summed E-state index contributed by atoms with van der Waals surface area (Å²) in [5, 5.41) is 9.68. The minimum absolute atomic E-state index is 0.166. The number of ether oxygens (including phenoxy) is 1. The molecular formula is C19H23N3O2S. The Bertz CT molecular complexity index is 700. The summed E-state index contributed by atoms with van der Waals surface area (Å²) in [5.41, 5.74) is 2.13. The Kier molecular flexibility index (Phi) is 7.22. The van der Waals surface area contributed by atoms with Gasteiger partial charge in [-0.25, -0.2) is 0 Å². The second-order valence-corrected chi connectivity index (χ2v) is 5.90. The number of amides is 1. The second kappa shape index (κ2) is 9.64. The Morgan fingerprint density at radius 2 is 1.60 bits per heavy atom. The molecule has 5 nitrogen and oxygen atoms in total. The number of carbonyl (C=O) groups excluding carboxylic acids is 1. The first-order valence-electron chi connectivity index (χ1n) is 8.22. The lowest BCUT2D eigenvalue weighted by atomic mass is 10.2. The number of nitrogens with one attached hydrogen (secondary N) is 3. The third kappa shape index (κ3) is 6.08. The van der Waals surface area contributed by atoms with E-state index in [2.05, 4.69) is 22.9 Å². The van der Waals surface area contributed by atoms with E-state index in [4.69, 9.17) is 17.0 Å². The number of anilines is 2. The van der Waals surface area contributed by atoms with Gasteiger partial charge in [0.2, 0.25) is 0 Å². The SMILES string of the molecule is CCCCNC(=S)Nc1ccc(C(=O)Nc2ccc(OC)cc2)cc1.